The maximum Gasteiger partial charge on any atom is 0.323 e. The minimum atomic E-state index is -0.286. The lowest BCUT2D eigenvalue weighted by atomic mass is 10.1. The quantitative estimate of drug-likeness (QED) is 0.849. The van der Waals surface area contributed by atoms with Crippen LogP contribution in [0.15, 0.2) is 23.0 Å². The van der Waals surface area contributed by atoms with Crippen molar-refractivity contribution in [2.75, 3.05) is 26.2 Å². The Labute approximate surface area is 126 Å². The van der Waals surface area contributed by atoms with Crippen LogP contribution in [0, 0.1) is 0 Å². The van der Waals surface area contributed by atoms with Gasteiger partial charge >= 0.3 is 5.69 Å². The van der Waals surface area contributed by atoms with E-state index in [1.54, 1.807) is 28.0 Å². The van der Waals surface area contributed by atoms with Gasteiger partial charge in [-0.25, -0.2) is 4.79 Å². The predicted octanol–water partition coefficient (Wildman–Crippen LogP) is 0.551. The van der Waals surface area contributed by atoms with Crippen molar-refractivity contribution in [3.63, 3.8) is 0 Å². The number of hydrogen-bond acceptors (Lipinski definition) is 3. The molecule has 116 valence electrons. The molecule has 1 aromatic heterocycles. The fourth-order valence-corrected chi connectivity index (χ4v) is 2.73. The number of hydrogen-bond donors (Lipinski definition) is 2. The van der Waals surface area contributed by atoms with Gasteiger partial charge in [-0.3, -0.25) is 9.59 Å². The number of imidazole rings is 1. The fourth-order valence-electron chi connectivity index (χ4n) is 2.73. The van der Waals surface area contributed by atoms with Gasteiger partial charge in [0.25, 0.3) is 5.91 Å². The van der Waals surface area contributed by atoms with Crippen LogP contribution in [0.1, 0.15) is 23.7 Å². The van der Waals surface area contributed by atoms with Gasteiger partial charge in [-0.1, -0.05) is 6.92 Å². The molecule has 7 heteroatoms. The summed E-state index contributed by atoms with van der Waals surface area (Å²) in [7, 11) is 0. The third-order valence-corrected chi connectivity index (χ3v) is 3.98. The summed E-state index contributed by atoms with van der Waals surface area (Å²) < 4.78 is 0. The first-order valence-corrected chi connectivity index (χ1v) is 7.37. The molecule has 3 rings (SSSR count). The minimum absolute atomic E-state index is 0.0763. The molecule has 1 aromatic carbocycles. The topological polar surface area (TPSA) is 89.3 Å². The van der Waals surface area contributed by atoms with Gasteiger partial charge in [-0.2, -0.15) is 0 Å². The molecule has 22 heavy (non-hydrogen) atoms. The zero-order valence-electron chi connectivity index (χ0n) is 12.4. The monoisotopic (exact) mass is 302 g/mol. The van der Waals surface area contributed by atoms with Crippen molar-refractivity contribution < 1.29 is 9.59 Å². The molecule has 2 N–H and O–H groups in total. The van der Waals surface area contributed by atoms with Crippen LogP contribution in [0.2, 0.25) is 0 Å². The number of amides is 2. The average Bonchev–Trinajstić information content (AvgIpc) is 2.92. The Balaban J connectivity index is 1.73. The molecule has 2 amide bonds. The SMILES string of the molecule is CCC(=O)N1CCN(C(=O)c2ccc3[nH]c(=O)[nH]c3c2)CC1. The van der Waals surface area contributed by atoms with Crippen molar-refractivity contribution in [2.45, 2.75) is 13.3 Å². The summed E-state index contributed by atoms with van der Waals surface area (Å²) in [5, 5.41) is 0. The zero-order valence-corrected chi connectivity index (χ0v) is 12.4. The van der Waals surface area contributed by atoms with E-state index in [4.69, 9.17) is 0 Å². The Morgan fingerprint density at radius 2 is 1.68 bits per heavy atom. The molecule has 7 nitrogen and oxygen atoms in total. The lowest BCUT2D eigenvalue weighted by Crippen LogP contribution is -2.50. The highest BCUT2D eigenvalue weighted by Crippen LogP contribution is 2.14. The average molecular weight is 302 g/mol. The van der Waals surface area contributed by atoms with Crippen LogP contribution < -0.4 is 5.69 Å². The van der Waals surface area contributed by atoms with Gasteiger partial charge in [-0.15, -0.1) is 0 Å². The molecule has 1 saturated heterocycles. The van der Waals surface area contributed by atoms with Crippen LogP contribution in [-0.4, -0.2) is 57.8 Å². The van der Waals surface area contributed by atoms with Gasteiger partial charge in [0.2, 0.25) is 5.91 Å². The Hall–Kier alpha value is -2.57. The molecule has 0 unspecified atom stereocenters. The third kappa shape index (κ3) is 2.61. The van der Waals surface area contributed by atoms with Gasteiger partial charge in [0, 0.05) is 38.2 Å². The van der Waals surface area contributed by atoms with Crippen molar-refractivity contribution in [3.8, 4) is 0 Å². The molecule has 0 bridgehead atoms. The van der Waals surface area contributed by atoms with Crippen molar-refractivity contribution in [3.05, 3.63) is 34.2 Å². The molecule has 0 saturated carbocycles. The van der Waals surface area contributed by atoms with Crippen LogP contribution in [0.3, 0.4) is 0 Å². The molecule has 0 atom stereocenters. The van der Waals surface area contributed by atoms with E-state index in [0.29, 0.717) is 49.2 Å². The molecule has 2 heterocycles. The number of carbonyl (C=O) groups is 2. The van der Waals surface area contributed by atoms with Crippen molar-refractivity contribution in [1.29, 1.82) is 0 Å². The van der Waals surface area contributed by atoms with E-state index in [2.05, 4.69) is 9.97 Å². The molecule has 1 fully saturated rings. The van der Waals surface area contributed by atoms with E-state index in [-0.39, 0.29) is 17.5 Å². The summed E-state index contributed by atoms with van der Waals surface area (Å²) in [5.74, 6) is 0.0472. The van der Waals surface area contributed by atoms with Crippen LogP contribution in [-0.2, 0) is 4.79 Å². The number of nitrogens with zero attached hydrogens (tertiary/aromatic N) is 2. The highest BCUT2D eigenvalue weighted by molar-refractivity contribution is 5.97. The first kappa shape index (κ1) is 14.4. The number of piperazine rings is 1. The lowest BCUT2D eigenvalue weighted by molar-refractivity contribution is -0.132. The van der Waals surface area contributed by atoms with Crippen molar-refractivity contribution in [1.82, 2.24) is 19.8 Å². The van der Waals surface area contributed by atoms with Gasteiger partial charge in [0.15, 0.2) is 0 Å². The Kier molecular flexibility index (Phi) is 3.70. The normalized spacial score (nSPS) is 15.3. The van der Waals surface area contributed by atoms with Gasteiger partial charge < -0.3 is 19.8 Å². The van der Waals surface area contributed by atoms with E-state index in [9.17, 15) is 14.4 Å². The number of fused-ring (bicyclic) bond motifs is 1. The predicted molar refractivity (Wildman–Crippen MR) is 81.7 cm³/mol. The van der Waals surface area contributed by atoms with E-state index < -0.39 is 0 Å². The highest BCUT2D eigenvalue weighted by Gasteiger charge is 2.24. The molecule has 0 spiro atoms. The number of aromatic nitrogens is 2. The van der Waals surface area contributed by atoms with E-state index in [1.807, 2.05) is 6.92 Å². The maximum atomic E-state index is 12.5. The summed E-state index contributed by atoms with van der Waals surface area (Å²) in [6.07, 6.45) is 0.492. The number of aromatic amines is 2. The first-order valence-electron chi connectivity index (χ1n) is 7.37. The summed E-state index contributed by atoms with van der Waals surface area (Å²) in [5.41, 5.74) is 1.56. The third-order valence-electron chi connectivity index (χ3n) is 3.98. The molecule has 0 aliphatic carbocycles. The number of carbonyl (C=O) groups excluding carboxylic acids is 2. The molecule has 1 aliphatic heterocycles. The number of rotatable bonds is 2. The number of benzene rings is 1. The van der Waals surface area contributed by atoms with Crippen molar-refractivity contribution >= 4 is 22.8 Å². The molecule has 1 aliphatic rings. The smallest absolute Gasteiger partial charge is 0.323 e. The second-order valence-electron chi connectivity index (χ2n) is 5.37. The zero-order chi connectivity index (χ0) is 15.7. The fraction of sp³-hybridized carbons (Fsp3) is 0.400. The van der Waals surface area contributed by atoms with Gasteiger partial charge in [0.05, 0.1) is 11.0 Å². The van der Waals surface area contributed by atoms with Crippen LogP contribution in [0.4, 0.5) is 0 Å². The van der Waals surface area contributed by atoms with Crippen LogP contribution >= 0.6 is 0 Å². The molecule has 2 aromatic rings. The van der Waals surface area contributed by atoms with E-state index >= 15 is 0 Å². The Bertz CT molecular complexity index is 768. The summed E-state index contributed by atoms with van der Waals surface area (Å²) in [6.45, 7) is 4.05. The largest absolute Gasteiger partial charge is 0.339 e. The second kappa shape index (κ2) is 5.67. The minimum Gasteiger partial charge on any atom is -0.339 e. The van der Waals surface area contributed by atoms with Gasteiger partial charge in [0.1, 0.15) is 0 Å². The number of nitrogens with one attached hydrogen (secondary N) is 2. The number of H-pyrrole nitrogens is 2. The van der Waals surface area contributed by atoms with Gasteiger partial charge in [-0.05, 0) is 18.2 Å². The first-order chi connectivity index (χ1) is 10.6. The standard InChI is InChI=1S/C15H18N4O3/c1-2-13(20)18-5-7-19(8-6-18)14(21)10-3-4-11-12(9-10)17-15(22)16-11/h3-4,9H,2,5-8H2,1H3,(H2,16,17,22). The summed E-state index contributed by atoms with van der Waals surface area (Å²) in [6, 6.07) is 5.11. The Morgan fingerprint density at radius 3 is 2.36 bits per heavy atom. The molecular weight excluding hydrogens is 284 g/mol. The summed E-state index contributed by atoms with van der Waals surface area (Å²) >= 11 is 0. The van der Waals surface area contributed by atoms with E-state index in [1.165, 1.54) is 0 Å². The molecule has 0 radical (unpaired) electrons. The van der Waals surface area contributed by atoms with E-state index in [0.717, 1.165) is 0 Å². The van der Waals surface area contributed by atoms with Crippen molar-refractivity contribution in [2.24, 2.45) is 0 Å². The summed E-state index contributed by atoms with van der Waals surface area (Å²) in [4.78, 5) is 44.3. The second-order valence-corrected chi connectivity index (χ2v) is 5.37. The maximum absolute atomic E-state index is 12.5. The molecular formula is C15H18N4O3. The van der Waals surface area contributed by atoms with Crippen LogP contribution in [0.5, 0.6) is 0 Å². The Morgan fingerprint density at radius 1 is 1.05 bits per heavy atom. The highest BCUT2D eigenvalue weighted by atomic mass is 16.2. The van der Waals surface area contributed by atoms with Crippen LogP contribution in [0.25, 0.3) is 11.0 Å². The lowest BCUT2D eigenvalue weighted by Gasteiger charge is -2.34.